The smallest absolute Gasteiger partial charge is 0.416 e. The van der Waals surface area contributed by atoms with Crippen LogP contribution in [0.25, 0.3) is 0 Å². The fraction of sp³-hybridized carbons (Fsp3) is 0.200. The van der Waals surface area contributed by atoms with Crippen molar-refractivity contribution in [3.05, 3.63) is 58.1 Å². The summed E-state index contributed by atoms with van der Waals surface area (Å²) >= 11 is 5.86. The molecule has 0 aromatic heterocycles. The Morgan fingerprint density at radius 3 is 2.48 bits per heavy atom. The fourth-order valence-corrected chi connectivity index (χ4v) is 2.03. The van der Waals surface area contributed by atoms with Crippen molar-refractivity contribution in [2.75, 3.05) is 0 Å². The second-order valence-corrected chi connectivity index (χ2v) is 4.97. The minimum absolute atomic E-state index is 0.0256. The van der Waals surface area contributed by atoms with Crippen LogP contribution in [0.4, 0.5) is 13.2 Å². The molecule has 0 saturated heterocycles. The van der Waals surface area contributed by atoms with E-state index in [0.29, 0.717) is 10.8 Å². The topological polar surface area (TPSA) is 35.2 Å². The first-order chi connectivity index (χ1) is 9.81. The molecule has 0 aliphatic rings. The van der Waals surface area contributed by atoms with Gasteiger partial charge in [0.1, 0.15) is 11.5 Å². The second-order valence-electron chi connectivity index (χ2n) is 4.53. The highest BCUT2D eigenvalue weighted by Gasteiger charge is 2.33. The third kappa shape index (κ3) is 3.68. The molecule has 0 heterocycles. The lowest BCUT2D eigenvalue weighted by Crippen LogP contribution is -2.12. The van der Waals surface area contributed by atoms with Gasteiger partial charge in [-0.05, 0) is 42.3 Å². The van der Waals surface area contributed by atoms with Crippen molar-refractivity contribution in [3.63, 3.8) is 0 Å². The van der Waals surface area contributed by atoms with Crippen LogP contribution in [0, 0.1) is 6.92 Å². The van der Waals surface area contributed by atoms with E-state index in [1.165, 1.54) is 12.1 Å². The van der Waals surface area contributed by atoms with Gasteiger partial charge in [-0.3, -0.25) is 0 Å². The van der Waals surface area contributed by atoms with Crippen molar-refractivity contribution in [3.8, 4) is 11.5 Å². The van der Waals surface area contributed by atoms with Gasteiger partial charge >= 0.3 is 6.18 Å². The van der Waals surface area contributed by atoms with E-state index >= 15 is 0 Å². The van der Waals surface area contributed by atoms with Gasteiger partial charge in [-0.15, -0.1) is 0 Å². The van der Waals surface area contributed by atoms with Crippen molar-refractivity contribution >= 4 is 11.6 Å². The SMILES string of the molecule is Cc1ccc(Cl)cc1Oc1ccc(CN)c(C(F)(F)F)c1. The minimum Gasteiger partial charge on any atom is -0.457 e. The number of alkyl halides is 3. The van der Waals surface area contributed by atoms with Gasteiger partial charge in [0.15, 0.2) is 0 Å². The highest BCUT2D eigenvalue weighted by atomic mass is 35.5. The molecule has 2 nitrogen and oxygen atoms in total. The molecule has 0 aliphatic heterocycles. The van der Waals surface area contributed by atoms with E-state index in [9.17, 15) is 13.2 Å². The molecule has 2 N–H and O–H groups in total. The zero-order chi connectivity index (χ0) is 15.6. The van der Waals surface area contributed by atoms with Gasteiger partial charge < -0.3 is 10.5 Å². The summed E-state index contributed by atoms with van der Waals surface area (Å²) in [6, 6.07) is 8.69. The molecule has 0 amide bonds. The Bertz CT molecular complexity index is 656. The first kappa shape index (κ1) is 15.7. The zero-order valence-corrected chi connectivity index (χ0v) is 11.9. The number of rotatable bonds is 3. The van der Waals surface area contributed by atoms with Crippen LogP contribution in [0.2, 0.25) is 5.02 Å². The lowest BCUT2D eigenvalue weighted by molar-refractivity contribution is -0.138. The number of halogens is 4. The van der Waals surface area contributed by atoms with Gasteiger partial charge in [0.05, 0.1) is 5.56 Å². The molecule has 6 heteroatoms. The Balaban J connectivity index is 2.39. The van der Waals surface area contributed by atoms with Crippen molar-refractivity contribution in [2.24, 2.45) is 5.73 Å². The molecule has 0 radical (unpaired) electrons. The van der Waals surface area contributed by atoms with Gasteiger partial charge in [-0.2, -0.15) is 13.2 Å². The highest BCUT2D eigenvalue weighted by Crippen LogP contribution is 2.36. The maximum atomic E-state index is 13.0. The van der Waals surface area contributed by atoms with Crippen molar-refractivity contribution in [2.45, 2.75) is 19.6 Å². The van der Waals surface area contributed by atoms with Crippen LogP contribution in [0.1, 0.15) is 16.7 Å². The number of benzene rings is 2. The van der Waals surface area contributed by atoms with E-state index in [1.54, 1.807) is 25.1 Å². The molecule has 2 aromatic carbocycles. The third-order valence-corrected chi connectivity index (χ3v) is 3.22. The molecular weight excluding hydrogens is 303 g/mol. The summed E-state index contributed by atoms with van der Waals surface area (Å²) in [5.74, 6) is 0.501. The lowest BCUT2D eigenvalue weighted by Gasteiger charge is -2.15. The molecule has 0 atom stereocenters. The fourth-order valence-electron chi connectivity index (χ4n) is 1.87. The Labute approximate surface area is 125 Å². The third-order valence-electron chi connectivity index (χ3n) is 2.98. The van der Waals surface area contributed by atoms with E-state index in [1.807, 2.05) is 0 Å². The molecular formula is C15H13ClF3NO. The number of hydrogen-bond acceptors (Lipinski definition) is 2. The van der Waals surface area contributed by atoms with E-state index < -0.39 is 11.7 Å². The van der Waals surface area contributed by atoms with Crippen LogP contribution in [0.3, 0.4) is 0 Å². The molecule has 0 aliphatic carbocycles. The van der Waals surface area contributed by atoms with Crippen LogP contribution in [-0.4, -0.2) is 0 Å². The quantitative estimate of drug-likeness (QED) is 0.872. The number of aryl methyl sites for hydroxylation is 1. The van der Waals surface area contributed by atoms with E-state index in [4.69, 9.17) is 22.1 Å². The molecule has 2 rings (SSSR count). The highest BCUT2D eigenvalue weighted by molar-refractivity contribution is 6.30. The molecule has 112 valence electrons. The summed E-state index contributed by atoms with van der Waals surface area (Å²) in [6.45, 7) is 1.59. The van der Waals surface area contributed by atoms with Gasteiger partial charge in [-0.25, -0.2) is 0 Å². The summed E-state index contributed by atoms with van der Waals surface area (Å²) in [7, 11) is 0. The lowest BCUT2D eigenvalue weighted by atomic mass is 10.1. The van der Waals surface area contributed by atoms with E-state index in [-0.39, 0.29) is 17.9 Å². The Morgan fingerprint density at radius 1 is 1.14 bits per heavy atom. The van der Waals surface area contributed by atoms with Crippen molar-refractivity contribution < 1.29 is 17.9 Å². The van der Waals surface area contributed by atoms with Gasteiger partial charge in [0, 0.05) is 11.6 Å². The van der Waals surface area contributed by atoms with Crippen molar-refractivity contribution in [1.82, 2.24) is 0 Å². The molecule has 0 unspecified atom stereocenters. The Morgan fingerprint density at radius 2 is 1.86 bits per heavy atom. The minimum atomic E-state index is -4.47. The first-order valence-corrected chi connectivity index (χ1v) is 6.53. The Kier molecular flexibility index (Phi) is 4.44. The zero-order valence-electron chi connectivity index (χ0n) is 11.2. The standard InChI is InChI=1S/C15H13ClF3NO/c1-9-2-4-11(16)6-14(9)21-12-5-3-10(8-20)13(7-12)15(17,18)19/h2-7H,8,20H2,1H3. The Hall–Kier alpha value is -1.72. The number of hydrogen-bond donors (Lipinski definition) is 1. The van der Waals surface area contributed by atoms with Gasteiger partial charge in [0.25, 0.3) is 0 Å². The average molecular weight is 316 g/mol. The predicted octanol–water partition coefficient (Wildman–Crippen LogP) is 4.92. The number of ether oxygens (including phenoxy) is 1. The van der Waals surface area contributed by atoms with Crippen LogP contribution in [0.5, 0.6) is 11.5 Å². The summed E-state index contributed by atoms with van der Waals surface area (Å²) < 4.78 is 44.4. The van der Waals surface area contributed by atoms with Crippen LogP contribution in [-0.2, 0) is 12.7 Å². The van der Waals surface area contributed by atoms with Crippen LogP contribution in [0.15, 0.2) is 36.4 Å². The first-order valence-electron chi connectivity index (χ1n) is 6.15. The predicted molar refractivity (Wildman–Crippen MR) is 75.6 cm³/mol. The van der Waals surface area contributed by atoms with Gasteiger partial charge in [0.2, 0.25) is 0 Å². The molecule has 0 saturated carbocycles. The van der Waals surface area contributed by atoms with Crippen molar-refractivity contribution in [1.29, 1.82) is 0 Å². The summed E-state index contributed by atoms with van der Waals surface area (Å²) in [4.78, 5) is 0. The average Bonchev–Trinajstić information content (AvgIpc) is 2.42. The summed E-state index contributed by atoms with van der Waals surface area (Å²) in [5, 5.41) is 0.449. The maximum Gasteiger partial charge on any atom is 0.416 e. The maximum absolute atomic E-state index is 13.0. The normalized spacial score (nSPS) is 11.5. The van der Waals surface area contributed by atoms with E-state index in [0.717, 1.165) is 11.6 Å². The molecule has 0 fully saturated rings. The van der Waals surface area contributed by atoms with E-state index in [2.05, 4.69) is 0 Å². The largest absolute Gasteiger partial charge is 0.457 e. The van der Waals surface area contributed by atoms with Crippen LogP contribution < -0.4 is 10.5 Å². The number of nitrogens with two attached hydrogens (primary N) is 1. The van der Waals surface area contributed by atoms with Gasteiger partial charge in [-0.1, -0.05) is 23.7 Å². The monoisotopic (exact) mass is 315 g/mol. The molecule has 0 spiro atoms. The van der Waals surface area contributed by atoms with Crippen LogP contribution >= 0.6 is 11.6 Å². The molecule has 0 bridgehead atoms. The summed E-state index contributed by atoms with van der Waals surface area (Å²) in [6.07, 6.45) is -4.47. The summed E-state index contributed by atoms with van der Waals surface area (Å²) in [5.41, 5.74) is 5.35. The molecule has 2 aromatic rings. The second kappa shape index (κ2) is 5.95. The molecule has 21 heavy (non-hydrogen) atoms.